The minimum atomic E-state index is -0.768. The molecule has 0 spiro atoms. The summed E-state index contributed by atoms with van der Waals surface area (Å²) in [5, 5.41) is 3.24. The molecular formula is C26H28Cl2P2Zr. The molecule has 160 valence electrons. The van der Waals surface area contributed by atoms with Crippen molar-refractivity contribution in [3.8, 4) is 21.7 Å². The van der Waals surface area contributed by atoms with E-state index in [0.717, 1.165) is 16.4 Å². The van der Waals surface area contributed by atoms with E-state index >= 15 is 0 Å². The molecule has 0 aliphatic rings. The molecule has 0 radical (unpaired) electrons. The van der Waals surface area contributed by atoms with Gasteiger partial charge in [0.25, 0.3) is 0 Å². The molecule has 0 aliphatic heterocycles. The molecule has 2 heterocycles. The number of benzene rings is 2. The molecule has 0 amide bonds. The Labute approximate surface area is 214 Å². The van der Waals surface area contributed by atoms with Gasteiger partial charge >= 0.3 is 191 Å². The molecule has 0 fully saturated rings. The van der Waals surface area contributed by atoms with Crippen LogP contribution in [0.4, 0.5) is 0 Å². The van der Waals surface area contributed by atoms with Crippen LogP contribution < -0.4 is 31.4 Å². The van der Waals surface area contributed by atoms with Crippen molar-refractivity contribution in [2.24, 2.45) is 0 Å². The Kier molecular flexibility index (Phi) is 11.4. The van der Waals surface area contributed by atoms with Crippen molar-refractivity contribution < 1.29 is 48.0 Å². The first kappa shape index (κ1) is 26.7. The molecule has 5 heteroatoms. The minimum absolute atomic E-state index is 0. The number of halogens is 2. The van der Waals surface area contributed by atoms with E-state index in [9.17, 15) is 0 Å². The Bertz CT molecular complexity index is 970. The molecule has 4 aromatic rings. The van der Waals surface area contributed by atoms with Crippen LogP contribution >= 0.6 is 16.4 Å². The van der Waals surface area contributed by atoms with Gasteiger partial charge in [-0.15, -0.1) is 0 Å². The van der Waals surface area contributed by atoms with Crippen LogP contribution in [0.2, 0.25) is 0 Å². The third kappa shape index (κ3) is 6.28. The molecule has 0 saturated carbocycles. The van der Waals surface area contributed by atoms with Gasteiger partial charge in [-0.05, 0) is 0 Å². The summed E-state index contributed by atoms with van der Waals surface area (Å²) in [5.41, 5.74) is 6.27. The summed E-state index contributed by atoms with van der Waals surface area (Å²) in [7, 11) is 1.70. The molecular weight excluding hydrogens is 536 g/mol. The third-order valence-electron chi connectivity index (χ3n) is 5.37. The molecule has 0 bridgehead atoms. The van der Waals surface area contributed by atoms with E-state index < -0.39 is 23.2 Å². The van der Waals surface area contributed by atoms with Crippen LogP contribution in [0.15, 0.2) is 72.3 Å². The predicted octanol–water partition coefficient (Wildman–Crippen LogP) is 1.03. The van der Waals surface area contributed by atoms with E-state index in [0.29, 0.717) is 0 Å². The quantitative estimate of drug-likeness (QED) is 0.300. The molecule has 0 aliphatic carbocycles. The molecule has 2 atom stereocenters. The Morgan fingerprint density at radius 1 is 0.613 bits per heavy atom. The van der Waals surface area contributed by atoms with Crippen molar-refractivity contribution in [1.29, 1.82) is 0 Å². The molecule has 0 saturated heterocycles. The monoisotopic (exact) mass is 562 g/mol. The van der Waals surface area contributed by atoms with E-state index in [1.54, 1.807) is 28.3 Å². The summed E-state index contributed by atoms with van der Waals surface area (Å²) in [6, 6.07) is 22.2. The molecule has 0 nitrogen and oxygen atoms in total. The van der Waals surface area contributed by atoms with Crippen LogP contribution in [-0.4, -0.2) is 0 Å². The zero-order chi connectivity index (χ0) is 20.1. The first-order chi connectivity index (χ1) is 14.3. The van der Waals surface area contributed by atoms with Crippen LogP contribution in [0, 0.1) is 0 Å². The maximum atomic E-state index is 2.60. The zero-order valence-electron chi connectivity index (χ0n) is 18.0. The third-order valence-corrected chi connectivity index (χ3v) is 12.9. The van der Waals surface area contributed by atoms with Crippen LogP contribution in [-0.2, 0) is 36.1 Å². The fourth-order valence-corrected chi connectivity index (χ4v) is 12.1. The zero-order valence-corrected chi connectivity index (χ0v) is 24.0. The summed E-state index contributed by atoms with van der Waals surface area (Å²) >= 11 is -0.768. The maximum Gasteiger partial charge on any atom is -1.00 e. The molecule has 0 N–H and O–H groups in total. The van der Waals surface area contributed by atoms with Gasteiger partial charge in [0.2, 0.25) is 0 Å². The normalized spacial score (nSPS) is 10.6. The smallest absolute Gasteiger partial charge is 1.00 e. The van der Waals surface area contributed by atoms with Crippen molar-refractivity contribution in [2.75, 3.05) is 0 Å². The molecule has 4 rings (SSSR count). The SMILES string of the molecule is CCCc1[c]([Zr+2][c]2c[pH]c(-c3ccccc3)c2CCC)c[pH]c1-c1ccccc1.[Cl-].[Cl-]. The second-order valence-corrected chi connectivity index (χ2v) is 12.9. The van der Waals surface area contributed by atoms with E-state index in [4.69, 9.17) is 0 Å². The topological polar surface area (TPSA) is 0 Å². The molecule has 2 aromatic carbocycles. The van der Waals surface area contributed by atoms with Gasteiger partial charge in [-0.25, -0.2) is 0 Å². The van der Waals surface area contributed by atoms with Crippen molar-refractivity contribution in [3.05, 3.63) is 83.4 Å². The number of hydrogen-bond donors (Lipinski definition) is 0. The molecule has 31 heavy (non-hydrogen) atoms. The fraction of sp³-hybridized carbons (Fsp3) is 0.231. The fourth-order valence-electron chi connectivity index (χ4n) is 4.02. The van der Waals surface area contributed by atoms with E-state index in [1.165, 1.54) is 36.8 Å². The van der Waals surface area contributed by atoms with Crippen LogP contribution in [0.5, 0.6) is 0 Å². The van der Waals surface area contributed by atoms with Crippen LogP contribution in [0.3, 0.4) is 0 Å². The van der Waals surface area contributed by atoms with Gasteiger partial charge in [-0.2, -0.15) is 0 Å². The first-order valence-corrected chi connectivity index (χ1v) is 15.2. The maximum absolute atomic E-state index is 2.60. The number of hydrogen-bond acceptors (Lipinski definition) is 0. The second-order valence-electron chi connectivity index (χ2n) is 7.47. The summed E-state index contributed by atoms with van der Waals surface area (Å²) in [5.74, 6) is 5.21. The Hall–Kier alpha value is -0.537. The van der Waals surface area contributed by atoms with Gasteiger partial charge in [-0.1, -0.05) is 0 Å². The minimum Gasteiger partial charge on any atom is -1.00 e. The van der Waals surface area contributed by atoms with E-state index in [-0.39, 0.29) is 24.8 Å². The van der Waals surface area contributed by atoms with Gasteiger partial charge in [0.15, 0.2) is 0 Å². The Morgan fingerprint density at radius 2 is 1.00 bits per heavy atom. The van der Waals surface area contributed by atoms with Crippen LogP contribution in [0.25, 0.3) is 21.7 Å². The second kappa shape index (κ2) is 13.2. The number of rotatable bonds is 8. The summed E-state index contributed by atoms with van der Waals surface area (Å²) in [4.78, 5) is 0. The standard InChI is InChI=1S/2C13H14P.2ClH.Zr/c2*1-2-6-11-9-10-14-13(11)12-7-4-3-5-8-12;;;/h2*3-5,7-8,10,14H,2,6H2,1H3;2*1H;/q;;;;+2/p-2. The predicted molar refractivity (Wildman–Crippen MR) is 130 cm³/mol. The molecule has 2 unspecified atom stereocenters. The largest absolute Gasteiger partial charge is 1.00 e. The van der Waals surface area contributed by atoms with Crippen LogP contribution in [0.1, 0.15) is 37.8 Å². The average Bonchev–Trinajstić information content (AvgIpc) is 3.35. The van der Waals surface area contributed by atoms with E-state index in [2.05, 4.69) is 86.1 Å². The van der Waals surface area contributed by atoms with Gasteiger partial charge in [0, 0.05) is 0 Å². The van der Waals surface area contributed by atoms with Gasteiger partial charge < -0.3 is 24.8 Å². The summed E-state index contributed by atoms with van der Waals surface area (Å²) in [6.07, 6.45) is 4.94. The first-order valence-electron chi connectivity index (χ1n) is 10.6. The van der Waals surface area contributed by atoms with Crippen molar-refractivity contribution >= 4 is 22.9 Å². The molecule has 2 aromatic heterocycles. The summed E-state index contributed by atoms with van der Waals surface area (Å²) in [6.45, 7) is 4.65. The Morgan fingerprint density at radius 3 is 1.35 bits per heavy atom. The van der Waals surface area contributed by atoms with Gasteiger partial charge in [-0.3, -0.25) is 0 Å². The average molecular weight is 565 g/mol. The van der Waals surface area contributed by atoms with Gasteiger partial charge in [0.1, 0.15) is 0 Å². The van der Waals surface area contributed by atoms with Crippen molar-refractivity contribution in [1.82, 2.24) is 0 Å². The summed E-state index contributed by atoms with van der Waals surface area (Å²) < 4.78 is 3.51. The Balaban J connectivity index is 0.00000171. The van der Waals surface area contributed by atoms with Crippen molar-refractivity contribution in [3.63, 3.8) is 0 Å². The van der Waals surface area contributed by atoms with Gasteiger partial charge in [0.05, 0.1) is 0 Å². The van der Waals surface area contributed by atoms with E-state index in [1.807, 2.05) is 0 Å². The van der Waals surface area contributed by atoms with Crippen molar-refractivity contribution in [2.45, 2.75) is 39.5 Å².